The molecule has 1 fully saturated rings. The lowest BCUT2D eigenvalue weighted by Crippen LogP contribution is -2.34. The molecular weight excluding hydrogens is 358 g/mol. The molecule has 0 aromatic rings. The van der Waals surface area contributed by atoms with Crippen molar-refractivity contribution < 1.29 is 9.59 Å². The third-order valence-corrected chi connectivity index (χ3v) is 7.30. The maximum absolute atomic E-state index is 12.6. The second-order valence-electron chi connectivity index (χ2n) is 8.12. The van der Waals surface area contributed by atoms with Gasteiger partial charge in [-0.25, -0.2) is 4.99 Å². The number of carbonyl (C=O) groups is 2. The molecular formula is C21H29N3O2S. The minimum atomic E-state index is -0.216. The molecule has 4 rings (SSSR count). The number of nitrogens with zero attached hydrogens (tertiary/aromatic N) is 2. The molecule has 2 amide bonds. The highest BCUT2D eigenvalue weighted by Crippen LogP contribution is 2.46. The molecule has 1 unspecified atom stereocenters. The van der Waals surface area contributed by atoms with Gasteiger partial charge in [-0.15, -0.1) is 0 Å². The minimum absolute atomic E-state index is 0.0624. The Morgan fingerprint density at radius 3 is 2.56 bits per heavy atom. The van der Waals surface area contributed by atoms with Crippen LogP contribution in [0, 0.1) is 5.92 Å². The van der Waals surface area contributed by atoms with E-state index >= 15 is 0 Å². The van der Waals surface area contributed by atoms with Crippen molar-refractivity contribution in [2.75, 3.05) is 0 Å². The van der Waals surface area contributed by atoms with Gasteiger partial charge in [-0.2, -0.15) is 4.99 Å². The van der Waals surface area contributed by atoms with Crippen molar-refractivity contribution in [2.45, 2.75) is 89.5 Å². The summed E-state index contributed by atoms with van der Waals surface area (Å²) < 4.78 is 0. The first kappa shape index (κ1) is 18.9. The Kier molecular flexibility index (Phi) is 6.11. The number of aliphatic imine (C=N–C) groups is 2. The molecule has 0 aromatic carbocycles. The summed E-state index contributed by atoms with van der Waals surface area (Å²) in [5, 5.41) is 4.07. The fraction of sp³-hybridized carbons (Fsp3) is 0.714. The predicted molar refractivity (Wildman–Crippen MR) is 110 cm³/mol. The molecule has 2 aliphatic heterocycles. The van der Waals surface area contributed by atoms with Crippen LogP contribution < -0.4 is 5.32 Å². The Balaban J connectivity index is 1.33. The quantitative estimate of drug-likeness (QED) is 0.721. The molecule has 5 nitrogen and oxygen atoms in total. The van der Waals surface area contributed by atoms with Gasteiger partial charge in [-0.1, -0.05) is 43.9 Å². The van der Waals surface area contributed by atoms with Crippen LogP contribution >= 0.6 is 11.8 Å². The van der Waals surface area contributed by atoms with Crippen LogP contribution in [0.25, 0.3) is 0 Å². The monoisotopic (exact) mass is 387 g/mol. The third-order valence-electron chi connectivity index (χ3n) is 6.05. The van der Waals surface area contributed by atoms with Gasteiger partial charge in [0.15, 0.2) is 0 Å². The largest absolute Gasteiger partial charge is 0.353 e. The Morgan fingerprint density at radius 1 is 1.00 bits per heavy atom. The zero-order chi connectivity index (χ0) is 18.6. The lowest BCUT2D eigenvalue weighted by Gasteiger charge is -2.18. The summed E-state index contributed by atoms with van der Waals surface area (Å²) in [6.45, 7) is 0. The number of amidine groups is 1. The first-order valence-corrected chi connectivity index (χ1v) is 11.4. The van der Waals surface area contributed by atoms with Gasteiger partial charge in [-0.3, -0.25) is 9.59 Å². The van der Waals surface area contributed by atoms with Gasteiger partial charge in [0.25, 0.3) is 5.91 Å². The van der Waals surface area contributed by atoms with Crippen molar-refractivity contribution in [3.8, 4) is 0 Å². The van der Waals surface area contributed by atoms with Crippen LogP contribution in [0.3, 0.4) is 0 Å². The van der Waals surface area contributed by atoms with E-state index in [9.17, 15) is 9.59 Å². The Morgan fingerprint density at radius 2 is 1.74 bits per heavy atom. The van der Waals surface area contributed by atoms with E-state index in [0.717, 1.165) is 37.1 Å². The van der Waals surface area contributed by atoms with E-state index in [0.29, 0.717) is 24.7 Å². The van der Waals surface area contributed by atoms with Crippen molar-refractivity contribution >= 4 is 34.5 Å². The first-order chi connectivity index (χ1) is 13.2. The molecule has 0 radical (unpaired) electrons. The highest BCUT2D eigenvalue weighted by atomic mass is 32.2. The maximum Gasteiger partial charge on any atom is 0.261 e. The molecule has 27 heavy (non-hydrogen) atoms. The first-order valence-electron chi connectivity index (χ1n) is 10.6. The topological polar surface area (TPSA) is 70.9 Å². The van der Waals surface area contributed by atoms with Gasteiger partial charge in [0, 0.05) is 18.9 Å². The number of thioether (sulfide) groups is 1. The smallest absolute Gasteiger partial charge is 0.261 e. The molecule has 0 spiro atoms. The molecule has 1 saturated carbocycles. The molecule has 0 saturated heterocycles. The van der Waals surface area contributed by atoms with Crippen LogP contribution in [0.2, 0.25) is 0 Å². The van der Waals surface area contributed by atoms with Crippen LogP contribution in [0.4, 0.5) is 0 Å². The molecule has 6 heteroatoms. The number of carbonyl (C=O) groups excluding carboxylic acids is 2. The van der Waals surface area contributed by atoms with E-state index in [4.69, 9.17) is 0 Å². The third kappa shape index (κ3) is 4.53. The SMILES string of the molecule is O=C(CCC1=NC(=O)C2C(=N1)SC1=C2CCCCC1)NC1CCCCCC1. The lowest BCUT2D eigenvalue weighted by atomic mass is 9.94. The van der Waals surface area contributed by atoms with Gasteiger partial charge < -0.3 is 5.32 Å². The summed E-state index contributed by atoms with van der Waals surface area (Å²) in [6.07, 6.45) is 13.6. The number of allylic oxidation sites excluding steroid dienone is 1. The van der Waals surface area contributed by atoms with Crippen LogP contribution in [0.5, 0.6) is 0 Å². The summed E-state index contributed by atoms with van der Waals surface area (Å²) >= 11 is 1.69. The summed E-state index contributed by atoms with van der Waals surface area (Å²) in [5.41, 5.74) is 1.27. The number of fused-ring (bicyclic) bond motifs is 2. The minimum Gasteiger partial charge on any atom is -0.353 e. The molecule has 0 aromatic heterocycles. The highest BCUT2D eigenvalue weighted by Gasteiger charge is 2.39. The van der Waals surface area contributed by atoms with Crippen LogP contribution in [-0.4, -0.2) is 28.7 Å². The Hall–Kier alpha value is -1.43. The number of hydrogen-bond acceptors (Lipinski definition) is 4. The molecule has 2 heterocycles. The van der Waals surface area contributed by atoms with Crippen LogP contribution in [-0.2, 0) is 9.59 Å². The summed E-state index contributed by atoms with van der Waals surface area (Å²) in [4.78, 5) is 35.2. The summed E-state index contributed by atoms with van der Waals surface area (Å²) in [5.74, 6) is 0.310. The Labute approximate surface area is 165 Å². The van der Waals surface area contributed by atoms with Gasteiger partial charge in [0.05, 0.1) is 5.04 Å². The van der Waals surface area contributed by atoms with E-state index in [1.807, 2.05) is 0 Å². The average Bonchev–Trinajstić information content (AvgIpc) is 2.84. The second-order valence-corrected chi connectivity index (χ2v) is 9.23. The van der Waals surface area contributed by atoms with Crippen molar-refractivity contribution in [3.05, 3.63) is 10.5 Å². The predicted octanol–water partition coefficient (Wildman–Crippen LogP) is 4.52. The molecule has 0 bridgehead atoms. The van der Waals surface area contributed by atoms with Gasteiger partial charge in [0.2, 0.25) is 5.91 Å². The summed E-state index contributed by atoms with van der Waals surface area (Å²) in [7, 11) is 0. The van der Waals surface area contributed by atoms with Gasteiger partial charge >= 0.3 is 0 Å². The molecule has 2 aliphatic carbocycles. The van der Waals surface area contributed by atoms with E-state index in [-0.39, 0.29) is 17.7 Å². The number of amides is 2. The summed E-state index contributed by atoms with van der Waals surface area (Å²) in [6, 6.07) is 0.316. The maximum atomic E-state index is 12.6. The molecule has 1 N–H and O–H groups in total. The van der Waals surface area contributed by atoms with Crippen molar-refractivity contribution in [3.63, 3.8) is 0 Å². The van der Waals surface area contributed by atoms with Crippen molar-refractivity contribution in [1.29, 1.82) is 0 Å². The number of nitrogens with one attached hydrogen (secondary N) is 1. The second kappa shape index (κ2) is 8.72. The van der Waals surface area contributed by atoms with E-state index < -0.39 is 0 Å². The van der Waals surface area contributed by atoms with E-state index in [1.165, 1.54) is 49.0 Å². The van der Waals surface area contributed by atoms with Crippen molar-refractivity contribution in [1.82, 2.24) is 5.32 Å². The lowest BCUT2D eigenvalue weighted by molar-refractivity contribution is -0.122. The zero-order valence-corrected chi connectivity index (χ0v) is 16.8. The van der Waals surface area contributed by atoms with Crippen LogP contribution in [0.15, 0.2) is 20.5 Å². The average molecular weight is 388 g/mol. The van der Waals surface area contributed by atoms with Crippen molar-refractivity contribution in [2.24, 2.45) is 15.9 Å². The number of rotatable bonds is 4. The molecule has 146 valence electrons. The van der Waals surface area contributed by atoms with E-state index in [1.54, 1.807) is 11.8 Å². The normalized spacial score (nSPS) is 26.5. The van der Waals surface area contributed by atoms with Crippen LogP contribution in [0.1, 0.15) is 83.5 Å². The zero-order valence-electron chi connectivity index (χ0n) is 16.0. The molecule has 1 atom stereocenters. The highest BCUT2D eigenvalue weighted by molar-refractivity contribution is 8.17. The van der Waals surface area contributed by atoms with E-state index in [2.05, 4.69) is 15.3 Å². The standard InChI is InChI=1S/C21H29N3O2S/c25-18(22-14-8-4-1-2-5-9-14)13-12-17-23-20(26)19-15-10-6-3-7-11-16(15)27-21(19)24-17/h14,19H,1-13H2,(H,22,25). The van der Waals surface area contributed by atoms with Gasteiger partial charge in [-0.05, 0) is 49.0 Å². The van der Waals surface area contributed by atoms with Gasteiger partial charge in [0.1, 0.15) is 11.8 Å². The fourth-order valence-corrected chi connectivity index (χ4v) is 5.94. The number of hydrogen-bond donors (Lipinski definition) is 1. The Bertz CT molecular complexity index is 702. The molecule has 4 aliphatic rings. The fourth-order valence-electron chi connectivity index (χ4n) is 4.58.